The van der Waals surface area contributed by atoms with Crippen LogP contribution in [0.25, 0.3) is 0 Å². The molecule has 22 heavy (non-hydrogen) atoms. The first-order valence-electron chi connectivity index (χ1n) is 7.71. The highest BCUT2D eigenvalue weighted by molar-refractivity contribution is 8.76. The summed E-state index contributed by atoms with van der Waals surface area (Å²) >= 11 is 0. The Balaban J connectivity index is 2.12. The lowest BCUT2D eigenvalue weighted by Gasteiger charge is -2.60. The van der Waals surface area contributed by atoms with Gasteiger partial charge in [-0.2, -0.15) is 0 Å². The summed E-state index contributed by atoms with van der Waals surface area (Å²) in [6.07, 6.45) is 2.16. The number of hydrogen-bond acceptors (Lipinski definition) is 3. The zero-order valence-corrected chi connectivity index (χ0v) is 14.8. The van der Waals surface area contributed by atoms with Crippen molar-refractivity contribution in [2.45, 2.75) is 36.0 Å². The van der Waals surface area contributed by atoms with Crippen LogP contribution in [0.15, 0.2) is 48.5 Å². The van der Waals surface area contributed by atoms with E-state index in [1.807, 2.05) is 21.6 Å². The molecule has 2 aromatic rings. The predicted molar refractivity (Wildman–Crippen MR) is 98.7 cm³/mol. The Morgan fingerprint density at radius 1 is 0.818 bits per heavy atom. The molecule has 0 aliphatic heterocycles. The highest BCUT2D eigenvalue weighted by Gasteiger charge is 2.60. The third kappa shape index (κ3) is 1.52. The normalized spacial score (nSPS) is 35.1. The number of nitrogens with two attached hydrogens (primary N) is 1. The van der Waals surface area contributed by atoms with Crippen LogP contribution in [0.3, 0.4) is 0 Å². The van der Waals surface area contributed by atoms with Gasteiger partial charge in [0.05, 0.1) is 0 Å². The maximum atomic E-state index is 6.87. The summed E-state index contributed by atoms with van der Waals surface area (Å²) in [6.45, 7) is 4.72. The van der Waals surface area contributed by atoms with Crippen molar-refractivity contribution in [2.75, 3.05) is 6.26 Å². The second-order valence-corrected chi connectivity index (χ2v) is 9.32. The summed E-state index contributed by atoms with van der Waals surface area (Å²) < 4.78 is 0. The molecule has 0 radical (unpaired) electrons. The van der Waals surface area contributed by atoms with E-state index >= 15 is 0 Å². The summed E-state index contributed by atoms with van der Waals surface area (Å²) in [5.41, 5.74) is 12.5. The average molecular weight is 328 g/mol. The largest absolute Gasteiger partial charge is 0.326 e. The highest BCUT2D eigenvalue weighted by Crippen LogP contribution is 2.62. The summed E-state index contributed by atoms with van der Waals surface area (Å²) in [6, 6.07) is 18.0. The summed E-state index contributed by atoms with van der Waals surface area (Å²) in [4.78, 5) is 0. The quantitative estimate of drug-likeness (QED) is 0.831. The van der Waals surface area contributed by atoms with Crippen molar-refractivity contribution in [3.63, 3.8) is 0 Å². The van der Waals surface area contributed by atoms with Crippen molar-refractivity contribution in [2.24, 2.45) is 5.73 Å². The highest BCUT2D eigenvalue weighted by atomic mass is 33.1. The van der Waals surface area contributed by atoms with Gasteiger partial charge in [0.15, 0.2) is 0 Å². The van der Waals surface area contributed by atoms with Gasteiger partial charge in [0.1, 0.15) is 0 Å². The van der Waals surface area contributed by atoms with Crippen LogP contribution in [-0.4, -0.2) is 17.5 Å². The Morgan fingerprint density at radius 2 is 1.23 bits per heavy atom. The molecule has 0 unspecified atom stereocenters. The Hall–Kier alpha value is -0.900. The molecule has 1 nitrogen and oxygen atoms in total. The van der Waals surface area contributed by atoms with Crippen LogP contribution in [0.1, 0.15) is 36.1 Å². The van der Waals surface area contributed by atoms with Gasteiger partial charge in [-0.1, -0.05) is 77.0 Å². The van der Waals surface area contributed by atoms with E-state index in [0.29, 0.717) is 5.25 Å². The molecule has 5 rings (SSSR count). The number of rotatable bonds is 2. The third-order valence-electron chi connectivity index (χ3n) is 5.85. The van der Waals surface area contributed by atoms with Crippen LogP contribution >= 0.6 is 21.6 Å². The lowest BCUT2D eigenvalue weighted by Crippen LogP contribution is -2.66. The summed E-state index contributed by atoms with van der Waals surface area (Å²) in [7, 11) is 3.77. The van der Waals surface area contributed by atoms with E-state index in [2.05, 4.69) is 68.6 Å². The minimum Gasteiger partial charge on any atom is -0.326 e. The summed E-state index contributed by atoms with van der Waals surface area (Å²) in [5.74, 6) is 0. The van der Waals surface area contributed by atoms with Crippen molar-refractivity contribution in [1.82, 2.24) is 0 Å². The monoisotopic (exact) mass is 327 g/mol. The summed E-state index contributed by atoms with van der Waals surface area (Å²) in [5, 5.41) is 0.386. The molecule has 0 saturated heterocycles. The van der Waals surface area contributed by atoms with E-state index < -0.39 is 0 Å². The first-order valence-corrected chi connectivity index (χ1v) is 10.3. The first kappa shape index (κ1) is 14.7. The number of benzene rings is 2. The van der Waals surface area contributed by atoms with Crippen molar-refractivity contribution >= 4 is 21.6 Å². The van der Waals surface area contributed by atoms with Crippen molar-refractivity contribution in [3.8, 4) is 0 Å². The smallest absolute Gasteiger partial charge is 0.0449 e. The molecular formula is C19H21NS2. The molecule has 2 N–H and O–H groups in total. The number of hydrogen-bond donors (Lipinski definition) is 1. The van der Waals surface area contributed by atoms with Gasteiger partial charge in [0.25, 0.3) is 0 Å². The molecule has 0 amide bonds. The van der Waals surface area contributed by atoms with Gasteiger partial charge in [-0.05, 0) is 35.4 Å². The molecule has 0 heterocycles. The Kier molecular flexibility index (Phi) is 3.20. The Morgan fingerprint density at radius 3 is 1.64 bits per heavy atom. The zero-order valence-electron chi connectivity index (χ0n) is 13.2. The molecule has 0 fully saturated rings. The molecule has 3 heteroatoms. The standard InChI is InChI=1S/C19H21NS2/c1-18-12-8-4-6-10-14(12)19(2,17(16(18)20)22-21-3)15-11-7-5-9-13(15)18/h4-11,16-17H,20H2,1-3H3/t16-,17+,18?,19?/m1/s1. The fourth-order valence-electron chi connectivity index (χ4n) is 4.66. The third-order valence-corrected chi connectivity index (χ3v) is 8.22. The van der Waals surface area contributed by atoms with Crippen LogP contribution < -0.4 is 5.73 Å². The lowest BCUT2D eigenvalue weighted by atomic mass is 9.48. The van der Waals surface area contributed by atoms with Gasteiger partial charge < -0.3 is 5.73 Å². The first-order chi connectivity index (χ1) is 10.6. The molecule has 0 spiro atoms. The van der Waals surface area contributed by atoms with Crippen LogP contribution in [0.2, 0.25) is 0 Å². The molecular weight excluding hydrogens is 306 g/mol. The van der Waals surface area contributed by atoms with E-state index in [-0.39, 0.29) is 16.9 Å². The zero-order chi connectivity index (χ0) is 15.5. The molecule has 3 aliphatic carbocycles. The molecule has 0 aromatic heterocycles. The SMILES string of the molecule is CSS[C@H]1[C@@H](N)C2(C)c3ccccc3C1(C)c1ccccc12. The van der Waals surface area contributed by atoms with Crippen LogP contribution in [0.5, 0.6) is 0 Å². The molecule has 2 bridgehead atoms. The molecule has 2 atom stereocenters. The van der Waals surface area contributed by atoms with E-state index in [1.165, 1.54) is 22.3 Å². The van der Waals surface area contributed by atoms with E-state index in [1.54, 1.807) is 0 Å². The van der Waals surface area contributed by atoms with Crippen LogP contribution in [0, 0.1) is 0 Å². The van der Waals surface area contributed by atoms with Gasteiger partial charge >= 0.3 is 0 Å². The van der Waals surface area contributed by atoms with Gasteiger partial charge in [-0.25, -0.2) is 0 Å². The maximum Gasteiger partial charge on any atom is 0.0449 e. The molecule has 3 aliphatic rings. The second kappa shape index (κ2) is 4.80. The number of fused-ring (bicyclic) bond motifs is 1. The van der Waals surface area contributed by atoms with Crippen LogP contribution in [-0.2, 0) is 10.8 Å². The van der Waals surface area contributed by atoms with E-state index in [9.17, 15) is 0 Å². The van der Waals surface area contributed by atoms with Gasteiger partial charge in [0.2, 0.25) is 0 Å². The van der Waals surface area contributed by atoms with Gasteiger partial charge in [0, 0.05) is 22.1 Å². The van der Waals surface area contributed by atoms with Crippen molar-refractivity contribution < 1.29 is 0 Å². The van der Waals surface area contributed by atoms with Gasteiger partial charge in [-0.15, -0.1) is 0 Å². The predicted octanol–water partition coefficient (Wildman–Crippen LogP) is 4.33. The minimum atomic E-state index is -0.0989. The lowest BCUT2D eigenvalue weighted by molar-refractivity contribution is 0.292. The Bertz CT molecular complexity index is 692. The average Bonchev–Trinajstić information content (AvgIpc) is 2.56. The van der Waals surface area contributed by atoms with Crippen LogP contribution in [0.4, 0.5) is 0 Å². The van der Waals surface area contributed by atoms with E-state index in [4.69, 9.17) is 5.73 Å². The van der Waals surface area contributed by atoms with E-state index in [0.717, 1.165) is 0 Å². The fraction of sp³-hybridized carbons (Fsp3) is 0.368. The molecule has 0 saturated carbocycles. The Labute approximate surface area is 140 Å². The molecule has 114 valence electrons. The second-order valence-electron chi connectivity index (χ2n) is 6.71. The topological polar surface area (TPSA) is 26.0 Å². The maximum absolute atomic E-state index is 6.87. The minimum absolute atomic E-state index is 0.0158. The van der Waals surface area contributed by atoms with Crippen molar-refractivity contribution in [3.05, 3.63) is 70.8 Å². The van der Waals surface area contributed by atoms with Gasteiger partial charge in [-0.3, -0.25) is 0 Å². The fourth-order valence-corrected chi connectivity index (χ4v) is 7.26. The molecule has 2 aromatic carbocycles. The van der Waals surface area contributed by atoms with Crippen molar-refractivity contribution in [1.29, 1.82) is 0 Å².